The van der Waals surface area contributed by atoms with Crippen molar-refractivity contribution in [3.8, 4) is 0 Å². The van der Waals surface area contributed by atoms with E-state index in [0.717, 1.165) is 54.0 Å². The number of esters is 1. The average Bonchev–Trinajstić information content (AvgIpc) is 3.36. The minimum Gasteiger partial charge on any atom is -0.453 e. The maximum absolute atomic E-state index is 12.8. The summed E-state index contributed by atoms with van der Waals surface area (Å²) in [5.41, 5.74) is 3.10. The summed E-state index contributed by atoms with van der Waals surface area (Å²) in [5, 5.41) is 0.479. The Hall–Kier alpha value is -2.80. The molecule has 7 heteroatoms. The molecule has 0 saturated heterocycles. The van der Waals surface area contributed by atoms with Gasteiger partial charge in [-0.05, 0) is 48.9 Å². The fraction of sp³-hybridized carbons (Fsp3) is 0.391. The van der Waals surface area contributed by atoms with Crippen molar-refractivity contribution in [1.29, 1.82) is 0 Å². The van der Waals surface area contributed by atoms with E-state index in [0.29, 0.717) is 32.8 Å². The van der Waals surface area contributed by atoms with Gasteiger partial charge in [0.05, 0.1) is 5.39 Å². The van der Waals surface area contributed by atoms with Crippen molar-refractivity contribution in [3.63, 3.8) is 0 Å². The molecular formula is C23H24N2O4S. The molecule has 1 aliphatic rings. The summed E-state index contributed by atoms with van der Waals surface area (Å²) in [6.07, 6.45) is 3.24. The Morgan fingerprint density at radius 2 is 2.03 bits per heavy atom. The number of thiophene rings is 1. The van der Waals surface area contributed by atoms with Gasteiger partial charge in [0.2, 0.25) is 5.78 Å². The van der Waals surface area contributed by atoms with Gasteiger partial charge in [0.15, 0.2) is 6.61 Å². The minimum absolute atomic E-state index is 0.0969. The van der Waals surface area contributed by atoms with Crippen LogP contribution in [-0.2, 0) is 30.5 Å². The van der Waals surface area contributed by atoms with Gasteiger partial charge in [0.25, 0.3) is 5.56 Å². The van der Waals surface area contributed by atoms with Crippen molar-refractivity contribution in [3.05, 3.63) is 61.5 Å². The second kappa shape index (κ2) is 8.14. The standard InChI is InChI=1S/C23H24N2O4S/c1-4-14-8-9-15(5-2)16(11-14)17(26)12-29-23(28)20-13(3)19-21(30-20)24-18-7-6-10-25(18)22(19)27/h8-9,11H,4-7,10,12H2,1-3H3. The molecule has 0 unspecified atom stereocenters. The van der Waals surface area contributed by atoms with Gasteiger partial charge in [-0.1, -0.05) is 26.0 Å². The number of hydrogen-bond acceptors (Lipinski definition) is 6. The number of hydrogen-bond donors (Lipinski definition) is 0. The second-order valence-electron chi connectivity index (χ2n) is 7.52. The van der Waals surface area contributed by atoms with Gasteiger partial charge in [-0.3, -0.25) is 14.2 Å². The zero-order chi connectivity index (χ0) is 21.4. The summed E-state index contributed by atoms with van der Waals surface area (Å²) < 4.78 is 7.04. The molecule has 0 amide bonds. The van der Waals surface area contributed by atoms with Gasteiger partial charge in [-0.15, -0.1) is 11.3 Å². The van der Waals surface area contributed by atoms with Crippen molar-refractivity contribution >= 4 is 33.3 Å². The van der Waals surface area contributed by atoms with Crippen LogP contribution in [0.1, 0.15) is 62.8 Å². The molecule has 0 aliphatic carbocycles. The van der Waals surface area contributed by atoms with Gasteiger partial charge in [-0.2, -0.15) is 0 Å². The maximum Gasteiger partial charge on any atom is 0.349 e. The van der Waals surface area contributed by atoms with Gasteiger partial charge < -0.3 is 4.74 Å². The maximum atomic E-state index is 12.8. The highest BCUT2D eigenvalue weighted by atomic mass is 32.1. The third-order valence-electron chi connectivity index (χ3n) is 5.70. The molecule has 0 fully saturated rings. The van der Waals surface area contributed by atoms with Crippen molar-refractivity contribution in [2.45, 2.75) is 53.0 Å². The summed E-state index contributed by atoms with van der Waals surface area (Å²) in [5.74, 6) is -0.0312. The molecule has 2 aromatic heterocycles. The minimum atomic E-state index is -0.585. The number of carbonyl (C=O) groups excluding carboxylic acids is 2. The third kappa shape index (κ3) is 3.47. The molecule has 6 nitrogen and oxygen atoms in total. The number of nitrogens with zero attached hydrogens (tertiary/aromatic N) is 2. The number of carbonyl (C=O) groups is 2. The number of benzene rings is 1. The molecular weight excluding hydrogens is 400 g/mol. The Labute approximate surface area is 178 Å². The smallest absolute Gasteiger partial charge is 0.349 e. The first-order chi connectivity index (χ1) is 14.4. The lowest BCUT2D eigenvalue weighted by molar-refractivity contribution is 0.0478. The quantitative estimate of drug-likeness (QED) is 0.443. The molecule has 1 aliphatic heterocycles. The van der Waals surface area contributed by atoms with E-state index in [-0.39, 0.29) is 17.9 Å². The SMILES string of the molecule is CCc1ccc(CC)c(C(=O)COC(=O)c2sc3nc4n(c(=O)c3c2C)CCC4)c1. The van der Waals surface area contributed by atoms with Gasteiger partial charge in [0.1, 0.15) is 15.5 Å². The predicted molar refractivity (Wildman–Crippen MR) is 117 cm³/mol. The molecule has 156 valence electrons. The van der Waals surface area contributed by atoms with E-state index in [4.69, 9.17) is 4.74 Å². The van der Waals surface area contributed by atoms with E-state index in [2.05, 4.69) is 4.98 Å². The van der Waals surface area contributed by atoms with Crippen LogP contribution in [-0.4, -0.2) is 27.9 Å². The number of fused-ring (bicyclic) bond motifs is 2. The van der Waals surface area contributed by atoms with Crippen molar-refractivity contribution in [1.82, 2.24) is 9.55 Å². The van der Waals surface area contributed by atoms with Crippen LogP contribution in [0, 0.1) is 6.92 Å². The summed E-state index contributed by atoms with van der Waals surface area (Å²) in [4.78, 5) is 43.7. The van der Waals surface area contributed by atoms with E-state index >= 15 is 0 Å². The van der Waals surface area contributed by atoms with Crippen LogP contribution in [0.25, 0.3) is 10.2 Å². The fourth-order valence-corrected chi connectivity index (χ4v) is 5.04. The Morgan fingerprint density at radius 3 is 2.77 bits per heavy atom. The van der Waals surface area contributed by atoms with E-state index in [9.17, 15) is 14.4 Å². The largest absolute Gasteiger partial charge is 0.453 e. The zero-order valence-corrected chi connectivity index (χ0v) is 18.2. The first kappa shape index (κ1) is 20.5. The molecule has 0 saturated carbocycles. The normalized spacial score (nSPS) is 12.9. The Bertz CT molecular complexity index is 1220. The summed E-state index contributed by atoms with van der Waals surface area (Å²) >= 11 is 1.16. The predicted octanol–water partition coefficient (Wildman–Crippen LogP) is 3.88. The Balaban J connectivity index is 1.57. The van der Waals surface area contributed by atoms with Crippen LogP contribution in [0.5, 0.6) is 0 Å². The van der Waals surface area contributed by atoms with Crippen LogP contribution < -0.4 is 5.56 Å². The average molecular weight is 425 g/mol. The Kier molecular flexibility index (Phi) is 5.56. The topological polar surface area (TPSA) is 78.3 Å². The number of aromatic nitrogens is 2. The second-order valence-corrected chi connectivity index (χ2v) is 8.52. The van der Waals surface area contributed by atoms with Gasteiger partial charge in [-0.25, -0.2) is 9.78 Å². The lowest BCUT2D eigenvalue weighted by atomic mass is 9.98. The first-order valence-electron chi connectivity index (χ1n) is 10.3. The van der Waals surface area contributed by atoms with Gasteiger partial charge >= 0.3 is 5.97 Å². The van der Waals surface area contributed by atoms with E-state index in [1.807, 2.05) is 32.0 Å². The van der Waals surface area contributed by atoms with Crippen molar-refractivity contribution in [2.24, 2.45) is 0 Å². The lowest BCUT2D eigenvalue weighted by Crippen LogP contribution is -2.20. The summed E-state index contributed by atoms with van der Waals surface area (Å²) in [6.45, 7) is 6.11. The number of Topliss-reactive ketones (excluding diaryl/α,β-unsaturated/α-hetero) is 1. The zero-order valence-electron chi connectivity index (χ0n) is 17.4. The van der Waals surface area contributed by atoms with E-state index < -0.39 is 5.97 Å². The number of rotatable bonds is 6. The lowest BCUT2D eigenvalue weighted by Gasteiger charge is -2.09. The molecule has 0 bridgehead atoms. The number of ketones is 1. The monoisotopic (exact) mass is 424 g/mol. The summed E-state index contributed by atoms with van der Waals surface area (Å²) in [6, 6.07) is 5.86. The number of aryl methyl sites for hydroxylation is 4. The van der Waals surface area contributed by atoms with Gasteiger partial charge in [0, 0.05) is 18.5 Å². The number of ether oxygens (including phenoxy) is 1. The Morgan fingerprint density at radius 1 is 1.23 bits per heavy atom. The molecule has 3 heterocycles. The van der Waals surface area contributed by atoms with Crippen LogP contribution in [0.2, 0.25) is 0 Å². The third-order valence-corrected chi connectivity index (χ3v) is 6.86. The van der Waals surface area contributed by atoms with Crippen molar-refractivity contribution < 1.29 is 14.3 Å². The van der Waals surface area contributed by atoms with E-state index in [1.54, 1.807) is 11.5 Å². The molecule has 0 spiro atoms. The van der Waals surface area contributed by atoms with Crippen LogP contribution in [0.3, 0.4) is 0 Å². The van der Waals surface area contributed by atoms with Crippen LogP contribution in [0.4, 0.5) is 0 Å². The van der Waals surface area contributed by atoms with Crippen LogP contribution in [0.15, 0.2) is 23.0 Å². The fourth-order valence-electron chi connectivity index (χ4n) is 3.96. The molecule has 1 aromatic carbocycles. The molecule has 3 aromatic rings. The highest BCUT2D eigenvalue weighted by Gasteiger charge is 2.24. The molecule has 0 N–H and O–H groups in total. The van der Waals surface area contributed by atoms with Crippen molar-refractivity contribution in [2.75, 3.05) is 6.61 Å². The molecule has 0 atom stereocenters. The molecule has 30 heavy (non-hydrogen) atoms. The first-order valence-corrected chi connectivity index (χ1v) is 11.1. The summed E-state index contributed by atoms with van der Waals surface area (Å²) in [7, 11) is 0. The highest BCUT2D eigenvalue weighted by molar-refractivity contribution is 7.20. The molecule has 4 rings (SSSR count). The van der Waals surface area contributed by atoms with E-state index in [1.165, 1.54) is 0 Å². The highest BCUT2D eigenvalue weighted by Crippen LogP contribution is 2.29. The van der Waals surface area contributed by atoms with Crippen LogP contribution >= 0.6 is 11.3 Å². The molecule has 0 radical (unpaired) electrons.